The van der Waals surface area contributed by atoms with Gasteiger partial charge in [-0.15, -0.1) is 0 Å². The van der Waals surface area contributed by atoms with Gasteiger partial charge in [-0.1, -0.05) is 94.7 Å². The zero-order valence-corrected chi connectivity index (χ0v) is 27.6. The van der Waals surface area contributed by atoms with Crippen LogP contribution in [-0.2, 0) is 26.9 Å². The molecule has 0 aliphatic heterocycles. The van der Waals surface area contributed by atoms with Crippen molar-refractivity contribution in [2.45, 2.75) is 116 Å². The van der Waals surface area contributed by atoms with Gasteiger partial charge in [0.2, 0.25) is 5.91 Å². The second-order valence-corrected chi connectivity index (χ2v) is 12.6. The van der Waals surface area contributed by atoms with Gasteiger partial charge in [0.15, 0.2) is 0 Å². The summed E-state index contributed by atoms with van der Waals surface area (Å²) < 4.78 is 27.2. The van der Waals surface area contributed by atoms with E-state index in [1.165, 1.54) is 51.4 Å². The lowest BCUT2D eigenvalue weighted by Crippen LogP contribution is -2.39. The number of allylic oxidation sites excluding steroid dienone is 2. The molecule has 0 saturated heterocycles. The Morgan fingerprint density at radius 3 is 2.11 bits per heavy atom. The van der Waals surface area contributed by atoms with E-state index in [1.54, 1.807) is 7.11 Å². The fourth-order valence-electron chi connectivity index (χ4n) is 4.93. The van der Waals surface area contributed by atoms with E-state index in [2.05, 4.69) is 24.4 Å². The fraction of sp³-hybridized carbons (Fsp3) is 0.571. The van der Waals surface area contributed by atoms with Crippen LogP contribution in [0.1, 0.15) is 108 Å². The molecule has 3 N–H and O–H groups in total. The van der Waals surface area contributed by atoms with Crippen molar-refractivity contribution >= 4 is 13.7 Å². The quantitative estimate of drug-likeness (QED) is 0.0572. The summed E-state index contributed by atoms with van der Waals surface area (Å²) in [4.78, 5) is 31.0. The van der Waals surface area contributed by atoms with E-state index in [-0.39, 0.29) is 12.5 Å². The largest absolute Gasteiger partial charge is 0.497 e. The van der Waals surface area contributed by atoms with Crippen molar-refractivity contribution in [1.29, 1.82) is 0 Å². The molecule has 44 heavy (non-hydrogen) atoms. The summed E-state index contributed by atoms with van der Waals surface area (Å²) in [5.74, 6) is 1.32. The SMILES string of the molecule is CCCCCCCCC=CCCCCCCCC(=O)N[C@H](COP(=O)(O)O)Cc1ccc(OCc2cccc(OC)c2)cc1. The molecule has 2 aromatic carbocycles. The molecule has 0 bridgehead atoms. The molecule has 1 atom stereocenters. The minimum Gasteiger partial charge on any atom is -0.497 e. The lowest BCUT2D eigenvalue weighted by molar-refractivity contribution is -0.122. The number of ether oxygens (including phenoxy) is 2. The topological polar surface area (TPSA) is 114 Å². The fourth-order valence-corrected chi connectivity index (χ4v) is 5.30. The van der Waals surface area contributed by atoms with E-state index in [0.29, 0.717) is 25.2 Å². The predicted molar refractivity (Wildman–Crippen MR) is 177 cm³/mol. The standard InChI is InChI=1S/C35H54NO7P/c1-3-4-5-6-7-8-9-10-11-12-13-14-15-16-17-21-35(37)36-32(29-43-44(38,39)40)26-30-22-24-33(25-23-30)42-28-31-19-18-20-34(27-31)41-2/h10-11,18-20,22-25,27,32H,3-9,12-17,21,26,28-29H2,1-2H3,(H,36,37)(H2,38,39,40)/t32-/m0/s1. The Hall–Kier alpha value is -2.64. The Balaban J connectivity index is 1.66. The molecule has 0 heterocycles. The zero-order chi connectivity index (χ0) is 31.9. The average molecular weight is 632 g/mol. The molecule has 0 spiro atoms. The number of nitrogens with one attached hydrogen (secondary N) is 1. The van der Waals surface area contributed by atoms with Gasteiger partial charge in [0.25, 0.3) is 0 Å². The van der Waals surface area contributed by atoms with Crippen LogP contribution in [-0.4, -0.2) is 35.5 Å². The summed E-state index contributed by atoms with van der Waals surface area (Å²) in [5, 5.41) is 2.90. The van der Waals surface area contributed by atoms with Gasteiger partial charge >= 0.3 is 7.82 Å². The maximum Gasteiger partial charge on any atom is 0.469 e. The van der Waals surface area contributed by atoms with Crippen LogP contribution in [0.2, 0.25) is 0 Å². The molecular weight excluding hydrogens is 577 g/mol. The number of phosphoric acid groups is 1. The van der Waals surface area contributed by atoms with Crippen molar-refractivity contribution in [2.75, 3.05) is 13.7 Å². The van der Waals surface area contributed by atoms with Gasteiger partial charge in [-0.05, 0) is 73.9 Å². The van der Waals surface area contributed by atoms with E-state index in [4.69, 9.17) is 14.0 Å². The van der Waals surface area contributed by atoms with Crippen LogP contribution >= 0.6 is 7.82 Å². The highest BCUT2D eigenvalue weighted by Crippen LogP contribution is 2.35. The lowest BCUT2D eigenvalue weighted by Gasteiger charge is -2.19. The Kier molecular flexibility index (Phi) is 19.5. The third-order valence-electron chi connectivity index (χ3n) is 7.42. The minimum atomic E-state index is -4.66. The van der Waals surface area contributed by atoms with Gasteiger partial charge in [-0.2, -0.15) is 0 Å². The van der Waals surface area contributed by atoms with Crippen molar-refractivity contribution in [3.63, 3.8) is 0 Å². The second-order valence-electron chi connectivity index (χ2n) is 11.4. The smallest absolute Gasteiger partial charge is 0.469 e. The summed E-state index contributed by atoms with van der Waals surface area (Å²) in [6.45, 7) is 2.36. The Bertz CT molecular complexity index is 1120. The predicted octanol–water partition coefficient (Wildman–Crippen LogP) is 8.45. The zero-order valence-electron chi connectivity index (χ0n) is 26.8. The average Bonchev–Trinajstić information content (AvgIpc) is 3.01. The molecule has 0 aliphatic carbocycles. The third-order valence-corrected chi connectivity index (χ3v) is 7.91. The number of phosphoric ester groups is 1. The summed E-state index contributed by atoms with van der Waals surface area (Å²) in [6, 6.07) is 14.5. The number of amides is 1. The first-order chi connectivity index (χ1) is 21.3. The number of unbranched alkanes of at least 4 members (excludes halogenated alkanes) is 11. The molecule has 0 fully saturated rings. The van der Waals surface area contributed by atoms with Gasteiger partial charge in [-0.3, -0.25) is 9.32 Å². The van der Waals surface area contributed by atoms with Crippen molar-refractivity contribution in [3.05, 3.63) is 71.8 Å². The van der Waals surface area contributed by atoms with Crippen LogP contribution in [0.4, 0.5) is 0 Å². The second kappa shape index (κ2) is 22.8. The molecule has 0 aliphatic rings. The molecule has 0 saturated carbocycles. The summed E-state index contributed by atoms with van der Waals surface area (Å²) in [5.41, 5.74) is 1.87. The highest BCUT2D eigenvalue weighted by atomic mass is 31.2. The summed E-state index contributed by atoms with van der Waals surface area (Å²) in [7, 11) is -3.04. The maximum atomic E-state index is 12.6. The molecular formula is C35H54NO7P. The van der Waals surface area contributed by atoms with Crippen molar-refractivity contribution in [2.24, 2.45) is 0 Å². The van der Waals surface area contributed by atoms with E-state index >= 15 is 0 Å². The number of hydrogen-bond donors (Lipinski definition) is 3. The Labute approximate surface area is 264 Å². The highest BCUT2D eigenvalue weighted by molar-refractivity contribution is 7.46. The monoisotopic (exact) mass is 631 g/mol. The first kappa shape index (κ1) is 37.5. The molecule has 2 rings (SSSR count). The highest BCUT2D eigenvalue weighted by Gasteiger charge is 2.20. The maximum absolute atomic E-state index is 12.6. The number of carbonyl (C=O) groups is 1. The lowest BCUT2D eigenvalue weighted by atomic mass is 10.1. The van der Waals surface area contributed by atoms with Crippen LogP contribution < -0.4 is 14.8 Å². The van der Waals surface area contributed by atoms with Crippen LogP contribution in [0.15, 0.2) is 60.7 Å². The van der Waals surface area contributed by atoms with Crippen molar-refractivity contribution in [3.8, 4) is 11.5 Å². The molecule has 8 nitrogen and oxygen atoms in total. The first-order valence-electron chi connectivity index (χ1n) is 16.3. The minimum absolute atomic E-state index is 0.139. The molecule has 0 radical (unpaired) electrons. The van der Waals surface area contributed by atoms with Gasteiger partial charge in [0.05, 0.1) is 19.8 Å². The molecule has 0 aromatic heterocycles. The van der Waals surface area contributed by atoms with E-state index in [1.807, 2.05) is 48.5 Å². The van der Waals surface area contributed by atoms with E-state index < -0.39 is 13.9 Å². The first-order valence-corrected chi connectivity index (χ1v) is 17.8. The Morgan fingerprint density at radius 1 is 0.841 bits per heavy atom. The number of rotatable bonds is 25. The van der Waals surface area contributed by atoms with Crippen molar-refractivity contribution < 1.29 is 33.1 Å². The third kappa shape index (κ3) is 18.9. The van der Waals surface area contributed by atoms with Crippen LogP contribution in [0, 0.1) is 0 Å². The number of carbonyl (C=O) groups excluding carboxylic acids is 1. The van der Waals surface area contributed by atoms with Gasteiger partial charge in [-0.25, -0.2) is 4.57 Å². The van der Waals surface area contributed by atoms with Gasteiger partial charge in [0.1, 0.15) is 18.1 Å². The van der Waals surface area contributed by atoms with Crippen LogP contribution in [0.3, 0.4) is 0 Å². The normalized spacial score (nSPS) is 12.4. The van der Waals surface area contributed by atoms with Crippen LogP contribution in [0.5, 0.6) is 11.5 Å². The number of benzene rings is 2. The molecule has 1 amide bonds. The molecule has 9 heteroatoms. The molecule has 0 unspecified atom stereocenters. The number of methoxy groups -OCH3 is 1. The van der Waals surface area contributed by atoms with E-state index in [9.17, 15) is 19.1 Å². The summed E-state index contributed by atoms with van der Waals surface area (Å²) >= 11 is 0. The Morgan fingerprint density at radius 2 is 1.48 bits per heavy atom. The van der Waals surface area contributed by atoms with Crippen molar-refractivity contribution in [1.82, 2.24) is 5.32 Å². The molecule has 246 valence electrons. The molecule has 2 aromatic rings. The van der Waals surface area contributed by atoms with Gasteiger partial charge in [0, 0.05) is 6.42 Å². The number of hydrogen-bond acceptors (Lipinski definition) is 5. The van der Waals surface area contributed by atoms with Crippen LogP contribution in [0.25, 0.3) is 0 Å². The van der Waals surface area contributed by atoms with Gasteiger partial charge < -0.3 is 24.6 Å². The summed E-state index contributed by atoms with van der Waals surface area (Å²) in [6.07, 6.45) is 20.9. The van der Waals surface area contributed by atoms with E-state index in [0.717, 1.165) is 49.0 Å².